The van der Waals surface area contributed by atoms with E-state index < -0.39 is 0 Å². The minimum absolute atomic E-state index is 0.0457. The van der Waals surface area contributed by atoms with Gasteiger partial charge in [-0.3, -0.25) is 9.59 Å². The molecule has 0 aromatic rings. The minimum atomic E-state index is -0.211. The Bertz CT molecular complexity index is 326. The molecule has 2 aliphatic rings. The Balaban J connectivity index is 1.93. The number of nitrogens with one attached hydrogen (secondary N) is 1. The van der Waals surface area contributed by atoms with Crippen molar-refractivity contribution in [1.82, 2.24) is 10.2 Å². The standard InChI is InChI=1S/C14H24N2O2/c1-3-5-10(2)14(18)16-9-4-6-12(16)13(17)15-11-7-8-11/h10-12H,3-9H2,1-2H3,(H,15,17). The van der Waals surface area contributed by atoms with Gasteiger partial charge in [0.25, 0.3) is 0 Å². The van der Waals surface area contributed by atoms with Crippen LogP contribution < -0.4 is 5.32 Å². The second-order valence-corrected chi connectivity index (χ2v) is 5.66. The molecule has 2 rings (SSSR count). The SMILES string of the molecule is CCCC(C)C(=O)N1CCCC1C(=O)NC1CC1. The Morgan fingerprint density at radius 1 is 1.33 bits per heavy atom. The van der Waals surface area contributed by atoms with Crippen LogP contribution in [-0.4, -0.2) is 35.3 Å². The lowest BCUT2D eigenvalue weighted by Crippen LogP contribution is -2.48. The van der Waals surface area contributed by atoms with E-state index in [0.717, 1.165) is 45.1 Å². The lowest BCUT2D eigenvalue weighted by Gasteiger charge is -2.26. The molecule has 0 aromatic carbocycles. The summed E-state index contributed by atoms with van der Waals surface area (Å²) in [7, 11) is 0. The zero-order valence-corrected chi connectivity index (χ0v) is 11.4. The molecular weight excluding hydrogens is 228 g/mol. The van der Waals surface area contributed by atoms with Crippen molar-refractivity contribution in [3.8, 4) is 0 Å². The van der Waals surface area contributed by atoms with E-state index in [2.05, 4.69) is 12.2 Å². The number of likely N-dealkylation sites (tertiary alicyclic amines) is 1. The van der Waals surface area contributed by atoms with Crippen molar-refractivity contribution in [3.05, 3.63) is 0 Å². The van der Waals surface area contributed by atoms with Crippen LogP contribution in [0.4, 0.5) is 0 Å². The largest absolute Gasteiger partial charge is 0.352 e. The molecule has 0 bridgehead atoms. The lowest BCUT2D eigenvalue weighted by molar-refractivity contribution is -0.141. The molecule has 2 amide bonds. The normalized spacial score (nSPS) is 25.0. The van der Waals surface area contributed by atoms with E-state index in [0.29, 0.717) is 6.04 Å². The van der Waals surface area contributed by atoms with E-state index in [4.69, 9.17) is 0 Å². The zero-order chi connectivity index (χ0) is 13.1. The van der Waals surface area contributed by atoms with Gasteiger partial charge in [-0.05, 0) is 32.1 Å². The highest BCUT2D eigenvalue weighted by molar-refractivity contribution is 5.89. The number of amides is 2. The van der Waals surface area contributed by atoms with E-state index in [1.54, 1.807) is 4.90 Å². The van der Waals surface area contributed by atoms with Crippen molar-refractivity contribution in [1.29, 1.82) is 0 Å². The maximum Gasteiger partial charge on any atom is 0.243 e. The van der Waals surface area contributed by atoms with Crippen LogP contribution in [0.25, 0.3) is 0 Å². The van der Waals surface area contributed by atoms with Crippen LogP contribution in [0.2, 0.25) is 0 Å². The monoisotopic (exact) mass is 252 g/mol. The van der Waals surface area contributed by atoms with Crippen LogP contribution in [0.5, 0.6) is 0 Å². The molecule has 1 saturated carbocycles. The minimum Gasteiger partial charge on any atom is -0.352 e. The molecule has 1 saturated heterocycles. The van der Waals surface area contributed by atoms with E-state index in [9.17, 15) is 9.59 Å². The first-order valence-corrected chi connectivity index (χ1v) is 7.24. The third-order valence-corrected chi connectivity index (χ3v) is 3.91. The fraction of sp³-hybridized carbons (Fsp3) is 0.857. The van der Waals surface area contributed by atoms with Crippen molar-refractivity contribution < 1.29 is 9.59 Å². The fourth-order valence-electron chi connectivity index (χ4n) is 2.67. The molecule has 0 spiro atoms. The van der Waals surface area contributed by atoms with E-state index in [1.165, 1.54) is 0 Å². The first-order valence-electron chi connectivity index (χ1n) is 7.24. The molecule has 2 unspecified atom stereocenters. The highest BCUT2D eigenvalue weighted by Crippen LogP contribution is 2.24. The van der Waals surface area contributed by atoms with Gasteiger partial charge in [0.05, 0.1) is 0 Å². The van der Waals surface area contributed by atoms with Gasteiger partial charge < -0.3 is 10.2 Å². The Morgan fingerprint density at radius 3 is 2.67 bits per heavy atom. The van der Waals surface area contributed by atoms with Gasteiger partial charge in [0.15, 0.2) is 0 Å². The number of carbonyl (C=O) groups excluding carboxylic acids is 2. The number of carbonyl (C=O) groups is 2. The van der Waals surface area contributed by atoms with Gasteiger partial charge in [-0.25, -0.2) is 0 Å². The van der Waals surface area contributed by atoms with Crippen molar-refractivity contribution in [2.75, 3.05) is 6.54 Å². The topological polar surface area (TPSA) is 49.4 Å². The van der Waals surface area contributed by atoms with Gasteiger partial charge in [-0.15, -0.1) is 0 Å². The number of nitrogens with zero attached hydrogens (tertiary/aromatic N) is 1. The number of rotatable bonds is 5. The number of hydrogen-bond acceptors (Lipinski definition) is 2. The van der Waals surface area contributed by atoms with E-state index in [-0.39, 0.29) is 23.8 Å². The Labute approximate surface area is 109 Å². The summed E-state index contributed by atoms with van der Waals surface area (Å²) in [6.45, 7) is 4.81. The molecule has 4 heteroatoms. The summed E-state index contributed by atoms with van der Waals surface area (Å²) in [6, 6.07) is 0.167. The highest BCUT2D eigenvalue weighted by Gasteiger charge is 2.37. The van der Waals surface area contributed by atoms with E-state index >= 15 is 0 Å². The van der Waals surface area contributed by atoms with Crippen molar-refractivity contribution in [2.45, 2.75) is 64.5 Å². The molecular formula is C14H24N2O2. The average molecular weight is 252 g/mol. The van der Waals surface area contributed by atoms with Crippen molar-refractivity contribution in [2.24, 2.45) is 5.92 Å². The van der Waals surface area contributed by atoms with Crippen LogP contribution in [0.1, 0.15) is 52.4 Å². The van der Waals surface area contributed by atoms with Crippen LogP contribution in [0.15, 0.2) is 0 Å². The summed E-state index contributed by atoms with van der Waals surface area (Å²) in [5, 5.41) is 3.02. The molecule has 1 aliphatic heterocycles. The van der Waals surface area contributed by atoms with Gasteiger partial charge in [0.2, 0.25) is 11.8 Å². The molecule has 1 N–H and O–H groups in total. The third kappa shape index (κ3) is 3.03. The second kappa shape index (κ2) is 5.72. The van der Waals surface area contributed by atoms with Gasteiger partial charge in [-0.1, -0.05) is 20.3 Å². The van der Waals surface area contributed by atoms with Crippen molar-refractivity contribution in [3.63, 3.8) is 0 Å². The van der Waals surface area contributed by atoms with Crippen LogP contribution in [0.3, 0.4) is 0 Å². The second-order valence-electron chi connectivity index (χ2n) is 5.66. The summed E-state index contributed by atoms with van der Waals surface area (Å²) in [5.74, 6) is 0.265. The molecule has 102 valence electrons. The van der Waals surface area contributed by atoms with Gasteiger partial charge in [0.1, 0.15) is 6.04 Å². The molecule has 2 atom stereocenters. The summed E-state index contributed by atoms with van der Waals surface area (Å²) in [5.41, 5.74) is 0. The molecule has 1 heterocycles. The molecule has 1 aliphatic carbocycles. The predicted molar refractivity (Wildman–Crippen MR) is 70.0 cm³/mol. The summed E-state index contributed by atoms with van der Waals surface area (Å²) in [4.78, 5) is 26.2. The van der Waals surface area contributed by atoms with Crippen LogP contribution in [-0.2, 0) is 9.59 Å². The third-order valence-electron chi connectivity index (χ3n) is 3.91. The summed E-state index contributed by atoms with van der Waals surface area (Å²) < 4.78 is 0. The van der Waals surface area contributed by atoms with E-state index in [1.807, 2.05) is 6.92 Å². The van der Waals surface area contributed by atoms with Crippen LogP contribution >= 0.6 is 0 Å². The molecule has 4 nitrogen and oxygen atoms in total. The van der Waals surface area contributed by atoms with Crippen molar-refractivity contribution >= 4 is 11.8 Å². The summed E-state index contributed by atoms with van der Waals surface area (Å²) >= 11 is 0. The molecule has 0 radical (unpaired) electrons. The Morgan fingerprint density at radius 2 is 2.06 bits per heavy atom. The Kier molecular flexibility index (Phi) is 4.25. The van der Waals surface area contributed by atoms with Gasteiger partial charge in [0, 0.05) is 18.5 Å². The first-order chi connectivity index (χ1) is 8.63. The number of hydrogen-bond donors (Lipinski definition) is 1. The van der Waals surface area contributed by atoms with Gasteiger partial charge >= 0.3 is 0 Å². The fourth-order valence-corrected chi connectivity index (χ4v) is 2.67. The maximum atomic E-state index is 12.3. The molecule has 18 heavy (non-hydrogen) atoms. The zero-order valence-electron chi connectivity index (χ0n) is 11.4. The summed E-state index contributed by atoms with van der Waals surface area (Å²) in [6.07, 6.45) is 5.89. The molecule has 0 aromatic heterocycles. The van der Waals surface area contributed by atoms with Gasteiger partial charge in [-0.2, -0.15) is 0 Å². The highest BCUT2D eigenvalue weighted by atomic mass is 16.2. The first kappa shape index (κ1) is 13.4. The Hall–Kier alpha value is -1.06. The smallest absolute Gasteiger partial charge is 0.243 e. The lowest BCUT2D eigenvalue weighted by atomic mass is 10.0. The quantitative estimate of drug-likeness (QED) is 0.809. The predicted octanol–water partition coefficient (Wildman–Crippen LogP) is 1.69. The maximum absolute atomic E-state index is 12.3. The molecule has 2 fully saturated rings. The van der Waals surface area contributed by atoms with Crippen LogP contribution in [0, 0.1) is 5.92 Å². The average Bonchev–Trinajstić information content (AvgIpc) is 3.02.